The van der Waals surface area contributed by atoms with Crippen LogP contribution in [-0.2, 0) is 4.79 Å². The van der Waals surface area contributed by atoms with E-state index in [1.807, 2.05) is 18.2 Å². The van der Waals surface area contributed by atoms with Gasteiger partial charge in [-0.2, -0.15) is 10.1 Å². The van der Waals surface area contributed by atoms with Gasteiger partial charge in [0.2, 0.25) is 0 Å². The molecule has 1 aliphatic rings. The summed E-state index contributed by atoms with van der Waals surface area (Å²) in [4.78, 5) is 28.1. The van der Waals surface area contributed by atoms with E-state index in [0.29, 0.717) is 11.4 Å². The number of halogens is 1. The van der Waals surface area contributed by atoms with Crippen molar-refractivity contribution in [3.8, 4) is 0 Å². The van der Waals surface area contributed by atoms with Crippen LogP contribution >= 0.6 is 11.6 Å². The quantitative estimate of drug-likeness (QED) is 0.847. The summed E-state index contributed by atoms with van der Waals surface area (Å²) in [7, 11) is 0. The molecule has 1 aliphatic heterocycles. The number of rotatable bonds is 4. The molecule has 1 unspecified atom stereocenters. The van der Waals surface area contributed by atoms with Gasteiger partial charge in [-0.05, 0) is 31.2 Å². The zero-order valence-corrected chi connectivity index (χ0v) is 14.0. The maximum Gasteiger partial charge on any atom is 0.337 e. The predicted octanol–water partition coefficient (Wildman–Crippen LogP) is 3.78. The maximum atomic E-state index is 12.6. The molecule has 1 heterocycles. The van der Waals surface area contributed by atoms with Gasteiger partial charge in [0, 0.05) is 6.21 Å². The van der Waals surface area contributed by atoms with Crippen molar-refractivity contribution in [2.45, 2.75) is 6.92 Å². The highest BCUT2D eigenvalue weighted by molar-refractivity contribution is 6.34. The molecule has 126 valence electrons. The Morgan fingerprint density at radius 1 is 1.24 bits per heavy atom. The number of carboxylic acids is 1. The van der Waals surface area contributed by atoms with E-state index in [-0.39, 0.29) is 22.2 Å². The number of hydrazone groups is 1. The molecule has 0 aliphatic carbocycles. The topological polar surface area (TPSA) is 82.3 Å². The highest BCUT2D eigenvalue weighted by Gasteiger charge is 2.33. The number of carbonyl (C=O) groups excluding carboxylic acids is 1. The zero-order chi connectivity index (χ0) is 18.0. The Hall–Kier alpha value is -2.99. The summed E-state index contributed by atoms with van der Waals surface area (Å²) in [6, 6.07) is 13.5. The molecule has 3 rings (SSSR count). The Morgan fingerprint density at radius 2 is 1.96 bits per heavy atom. The maximum absolute atomic E-state index is 12.6. The van der Waals surface area contributed by atoms with Crippen LogP contribution in [0.5, 0.6) is 0 Å². The Kier molecular flexibility index (Phi) is 4.63. The van der Waals surface area contributed by atoms with Crippen molar-refractivity contribution < 1.29 is 14.7 Å². The van der Waals surface area contributed by atoms with Gasteiger partial charge in [-0.3, -0.25) is 9.79 Å². The molecule has 1 amide bonds. The van der Waals surface area contributed by atoms with Gasteiger partial charge in [0.25, 0.3) is 5.91 Å². The van der Waals surface area contributed by atoms with Gasteiger partial charge in [-0.1, -0.05) is 35.9 Å². The van der Waals surface area contributed by atoms with Gasteiger partial charge in [0.1, 0.15) is 5.92 Å². The Labute approximate surface area is 149 Å². The smallest absolute Gasteiger partial charge is 0.337 e. The van der Waals surface area contributed by atoms with Crippen LogP contribution < -0.4 is 5.01 Å². The summed E-state index contributed by atoms with van der Waals surface area (Å²) in [5.74, 6) is -2.06. The molecule has 6 nitrogen and oxygen atoms in total. The minimum absolute atomic E-state index is 0.0243. The molecule has 2 aromatic rings. The number of carbonyl (C=O) groups is 2. The lowest BCUT2D eigenvalue weighted by Gasteiger charge is -2.12. The van der Waals surface area contributed by atoms with E-state index in [2.05, 4.69) is 10.1 Å². The standard InChI is InChI=1S/C18H14ClN3O3/c1-11-14(17(23)22(21-11)12-6-3-2-4-7-12)10-20-16-13(18(24)25)8-5-9-15(16)19/h2-10,14H,1H3,(H,24,25)/b20-10+. The van der Waals surface area contributed by atoms with Crippen molar-refractivity contribution in [2.75, 3.05) is 5.01 Å². The van der Waals surface area contributed by atoms with E-state index < -0.39 is 11.9 Å². The first-order chi connectivity index (χ1) is 12.0. The molecule has 1 N–H and O–H groups in total. The second kappa shape index (κ2) is 6.86. The molecule has 0 radical (unpaired) electrons. The largest absolute Gasteiger partial charge is 0.478 e. The number of benzene rings is 2. The van der Waals surface area contributed by atoms with E-state index in [0.717, 1.165) is 0 Å². The number of anilines is 1. The number of para-hydroxylation sites is 2. The molecule has 1 atom stereocenters. The molecule has 0 saturated heterocycles. The van der Waals surface area contributed by atoms with Crippen LogP contribution in [0, 0.1) is 5.92 Å². The van der Waals surface area contributed by atoms with E-state index >= 15 is 0 Å². The highest BCUT2D eigenvalue weighted by Crippen LogP contribution is 2.30. The Balaban J connectivity index is 1.90. The fourth-order valence-corrected chi connectivity index (χ4v) is 2.70. The van der Waals surface area contributed by atoms with E-state index in [1.165, 1.54) is 23.4 Å². The molecule has 0 saturated carbocycles. The fraction of sp³-hybridized carbons (Fsp3) is 0.111. The van der Waals surface area contributed by atoms with Gasteiger partial charge in [-0.25, -0.2) is 4.79 Å². The number of hydrogen-bond donors (Lipinski definition) is 1. The molecular weight excluding hydrogens is 342 g/mol. The Bertz CT molecular complexity index is 894. The van der Waals surface area contributed by atoms with Gasteiger partial charge < -0.3 is 5.11 Å². The van der Waals surface area contributed by atoms with Crippen molar-refractivity contribution in [1.82, 2.24) is 0 Å². The van der Waals surface area contributed by atoms with Gasteiger partial charge in [-0.15, -0.1) is 0 Å². The lowest BCUT2D eigenvalue weighted by molar-refractivity contribution is -0.118. The number of hydrogen-bond acceptors (Lipinski definition) is 4. The SMILES string of the molecule is CC1=NN(c2ccccc2)C(=O)C1/C=N/c1c(Cl)cccc1C(=O)O. The molecule has 0 aromatic heterocycles. The molecule has 0 spiro atoms. The normalized spacial score (nSPS) is 17.2. The average Bonchev–Trinajstić information content (AvgIpc) is 2.88. The molecule has 25 heavy (non-hydrogen) atoms. The summed E-state index contributed by atoms with van der Waals surface area (Å²) < 4.78 is 0. The minimum atomic E-state index is -1.14. The molecule has 0 fully saturated rings. The predicted molar refractivity (Wildman–Crippen MR) is 97.1 cm³/mol. The van der Waals surface area contributed by atoms with Crippen LogP contribution in [0.15, 0.2) is 58.6 Å². The van der Waals surface area contributed by atoms with Crippen LogP contribution in [0.2, 0.25) is 5.02 Å². The van der Waals surface area contributed by atoms with Crippen molar-refractivity contribution in [3.63, 3.8) is 0 Å². The summed E-state index contributed by atoms with van der Waals surface area (Å²) >= 11 is 6.05. The fourth-order valence-electron chi connectivity index (χ4n) is 2.47. The first-order valence-electron chi connectivity index (χ1n) is 7.49. The summed E-state index contributed by atoms with van der Waals surface area (Å²) in [6.07, 6.45) is 1.39. The van der Waals surface area contributed by atoms with Crippen LogP contribution in [0.4, 0.5) is 11.4 Å². The van der Waals surface area contributed by atoms with Crippen molar-refractivity contribution in [3.05, 3.63) is 59.1 Å². The van der Waals surface area contributed by atoms with Gasteiger partial charge in [0.15, 0.2) is 0 Å². The highest BCUT2D eigenvalue weighted by atomic mass is 35.5. The first-order valence-corrected chi connectivity index (χ1v) is 7.87. The van der Waals surface area contributed by atoms with E-state index in [4.69, 9.17) is 11.6 Å². The Morgan fingerprint density at radius 3 is 2.64 bits per heavy atom. The monoisotopic (exact) mass is 355 g/mol. The van der Waals surface area contributed by atoms with Crippen molar-refractivity contribution in [2.24, 2.45) is 16.0 Å². The number of aromatic carboxylic acids is 1. The van der Waals surface area contributed by atoms with Gasteiger partial charge >= 0.3 is 5.97 Å². The van der Waals surface area contributed by atoms with Crippen molar-refractivity contribution in [1.29, 1.82) is 0 Å². The lowest BCUT2D eigenvalue weighted by atomic mass is 10.1. The summed E-state index contributed by atoms with van der Waals surface area (Å²) in [6.45, 7) is 1.72. The minimum Gasteiger partial charge on any atom is -0.478 e. The second-order valence-electron chi connectivity index (χ2n) is 5.42. The van der Waals surface area contributed by atoms with Crippen LogP contribution in [0.1, 0.15) is 17.3 Å². The molecular formula is C18H14ClN3O3. The third-order valence-corrected chi connectivity index (χ3v) is 4.06. The number of amides is 1. The molecule has 0 bridgehead atoms. The van der Waals surface area contributed by atoms with E-state index in [1.54, 1.807) is 25.1 Å². The first kappa shape index (κ1) is 16.9. The van der Waals surface area contributed by atoms with E-state index in [9.17, 15) is 14.7 Å². The third kappa shape index (κ3) is 3.29. The summed E-state index contributed by atoms with van der Waals surface area (Å²) in [5, 5.41) is 15.0. The average molecular weight is 356 g/mol. The van der Waals surface area contributed by atoms with Crippen LogP contribution in [0.3, 0.4) is 0 Å². The number of nitrogens with zero attached hydrogens (tertiary/aromatic N) is 3. The second-order valence-corrected chi connectivity index (χ2v) is 5.83. The molecule has 7 heteroatoms. The van der Waals surface area contributed by atoms with Crippen molar-refractivity contribution >= 4 is 46.8 Å². The molecule has 2 aromatic carbocycles. The number of carboxylic acid groups (broad SMARTS) is 1. The zero-order valence-electron chi connectivity index (χ0n) is 13.3. The number of aliphatic imine (C=N–C) groups is 1. The summed E-state index contributed by atoms with van der Waals surface area (Å²) in [5.41, 5.74) is 1.33. The third-order valence-electron chi connectivity index (χ3n) is 3.75. The van der Waals surface area contributed by atoms with Crippen LogP contribution in [0.25, 0.3) is 0 Å². The van der Waals surface area contributed by atoms with Gasteiger partial charge in [0.05, 0.1) is 27.7 Å². The van der Waals surface area contributed by atoms with Crippen LogP contribution in [-0.4, -0.2) is 28.9 Å². The lowest BCUT2D eigenvalue weighted by Crippen LogP contribution is -2.27.